The average molecular weight is 318 g/mol. The number of aliphatic imine (C=N–C) groups is 1. The predicted molar refractivity (Wildman–Crippen MR) is 70.0 cm³/mol. The SMILES string of the molecule is Cc1sc(C)c([C@@H]2C=CNC=N2)c1I. The summed E-state index contributed by atoms with van der Waals surface area (Å²) >= 11 is 4.26. The highest BCUT2D eigenvalue weighted by Crippen LogP contribution is 2.35. The molecule has 1 aromatic rings. The maximum Gasteiger partial charge on any atom is 0.0985 e. The van der Waals surface area contributed by atoms with Crippen molar-refractivity contribution in [1.82, 2.24) is 5.32 Å². The summed E-state index contributed by atoms with van der Waals surface area (Å²) in [4.78, 5) is 7.18. The quantitative estimate of drug-likeness (QED) is 0.791. The zero-order chi connectivity index (χ0) is 10.1. The molecule has 1 aliphatic heterocycles. The van der Waals surface area contributed by atoms with Crippen molar-refractivity contribution in [3.8, 4) is 0 Å². The van der Waals surface area contributed by atoms with Crippen LogP contribution in [0.4, 0.5) is 0 Å². The predicted octanol–water partition coefficient (Wildman–Crippen LogP) is 3.16. The van der Waals surface area contributed by atoms with E-state index in [9.17, 15) is 0 Å². The molecule has 4 heteroatoms. The first kappa shape index (κ1) is 10.2. The molecule has 0 aliphatic carbocycles. The fraction of sp³-hybridized carbons (Fsp3) is 0.300. The second-order valence-electron chi connectivity index (χ2n) is 3.19. The summed E-state index contributed by atoms with van der Waals surface area (Å²) in [6.07, 6.45) is 5.80. The minimum Gasteiger partial charge on any atom is -0.353 e. The van der Waals surface area contributed by atoms with Gasteiger partial charge in [-0.05, 0) is 42.5 Å². The molecule has 14 heavy (non-hydrogen) atoms. The molecule has 0 saturated heterocycles. The van der Waals surface area contributed by atoms with E-state index in [0.29, 0.717) is 0 Å². The first-order valence-corrected chi connectivity index (χ1v) is 6.29. The maximum atomic E-state index is 4.41. The number of hydrogen-bond donors (Lipinski definition) is 1. The van der Waals surface area contributed by atoms with E-state index in [1.807, 2.05) is 17.5 Å². The number of thiophene rings is 1. The van der Waals surface area contributed by atoms with Crippen LogP contribution >= 0.6 is 33.9 Å². The molecule has 0 bridgehead atoms. The van der Waals surface area contributed by atoms with Crippen LogP contribution in [0.3, 0.4) is 0 Å². The molecule has 1 aliphatic rings. The third kappa shape index (κ3) is 1.72. The summed E-state index contributed by atoms with van der Waals surface area (Å²) in [7, 11) is 0. The normalized spacial score (nSPS) is 19.8. The minimum atomic E-state index is 0.202. The molecule has 0 radical (unpaired) electrons. The summed E-state index contributed by atoms with van der Waals surface area (Å²) in [6, 6.07) is 0.202. The number of rotatable bonds is 1. The first-order chi connectivity index (χ1) is 6.70. The van der Waals surface area contributed by atoms with Crippen LogP contribution in [0, 0.1) is 17.4 Å². The van der Waals surface area contributed by atoms with Crippen LogP contribution in [0.25, 0.3) is 0 Å². The average Bonchev–Trinajstić information content (AvgIpc) is 2.43. The molecule has 0 unspecified atom stereocenters. The van der Waals surface area contributed by atoms with E-state index in [2.05, 4.69) is 52.8 Å². The number of halogens is 1. The maximum absolute atomic E-state index is 4.41. The van der Waals surface area contributed by atoms with Crippen LogP contribution in [0.1, 0.15) is 21.4 Å². The molecule has 2 nitrogen and oxygen atoms in total. The van der Waals surface area contributed by atoms with E-state index >= 15 is 0 Å². The molecule has 0 saturated carbocycles. The van der Waals surface area contributed by atoms with Gasteiger partial charge in [-0.3, -0.25) is 4.99 Å². The summed E-state index contributed by atoms with van der Waals surface area (Å²) in [6.45, 7) is 4.33. The Morgan fingerprint density at radius 2 is 2.21 bits per heavy atom. The zero-order valence-corrected chi connectivity index (χ0v) is 11.0. The lowest BCUT2D eigenvalue weighted by Gasteiger charge is -2.11. The number of nitrogens with zero attached hydrogens (tertiary/aromatic N) is 1. The monoisotopic (exact) mass is 318 g/mol. The van der Waals surface area contributed by atoms with Gasteiger partial charge >= 0.3 is 0 Å². The Hall–Kier alpha value is -0.360. The van der Waals surface area contributed by atoms with Gasteiger partial charge in [0.2, 0.25) is 0 Å². The van der Waals surface area contributed by atoms with Crippen molar-refractivity contribution >= 4 is 40.3 Å². The highest BCUT2D eigenvalue weighted by atomic mass is 127. The van der Waals surface area contributed by atoms with E-state index in [4.69, 9.17) is 0 Å². The molecule has 2 rings (SSSR count). The topological polar surface area (TPSA) is 24.4 Å². The van der Waals surface area contributed by atoms with Gasteiger partial charge in [-0.25, -0.2) is 0 Å². The molecule has 0 spiro atoms. The van der Waals surface area contributed by atoms with Crippen molar-refractivity contribution in [3.63, 3.8) is 0 Å². The largest absolute Gasteiger partial charge is 0.353 e. The highest BCUT2D eigenvalue weighted by molar-refractivity contribution is 14.1. The van der Waals surface area contributed by atoms with Gasteiger partial charge in [0, 0.05) is 25.1 Å². The molecule has 1 N–H and O–H groups in total. The summed E-state index contributed by atoms with van der Waals surface area (Å²) in [5, 5.41) is 2.96. The molecule has 0 aromatic carbocycles. The summed E-state index contributed by atoms with van der Waals surface area (Å²) in [5.74, 6) is 0. The van der Waals surface area contributed by atoms with Crippen LogP contribution in [-0.4, -0.2) is 6.34 Å². The van der Waals surface area contributed by atoms with Crippen molar-refractivity contribution in [2.24, 2.45) is 4.99 Å². The van der Waals surface area contributed by atoms with Crippen molar-refractivity contribution in [2.45, 2.75) is 19.9 Å². The molecule has 1 atom stereocenters. The van der Waals surface area contributed by atoms with E-state index in [-0.39, 0.29) is 6.04 Å². The lowest BCUT2D eigenvalue weighted by molar-refractivity contribution is 0.875. The Kier molecular flexibility index (Phi) is 2.92. The van der Waals surface area contributed by atoms with Gasteiger partial charge in [0.05, 0.1) is 12.4 Å². The standard InChI is InChI=1S/C10H11IN2S/c1-6-9(10(11)7(2)14-6)8-3-4-12-5-13-8/h3-5,8H,1-2H3,(H,12,13)/t8-/m0/s1. The second-order valence-corrected chi connectivity index (χ2v) is 5.70. The molecule has 74 valence electrons. The van der Waals surface area contributed by atoms with Crippen molar-refractivity contribution in [2.75, 3.05) is 0 Å². The smallest absolute Gasteiger partial charge is 0.0985 e. The Balaban J connectivity index is 2.44. The number of nitrogens with one attached hydrogen (secondary N) is 1. The van der Waals surface area contributed by atoms with Gasteiger partial charge in [0.1, 0.15) is 0 Å². The van der Waals surface area contributed by atoms with Gasteiger partial charge in [-0.1, -0.05) is 0 Å². The number of hydrogen-bond acceptors (Lipinski definition) is 3. The van der Waals surface area contributed by atoms with Crippen LogP contribution in [0.2, 0.25) is 0 Å². The summed E-state index contributed by atoms with van der Waals surface area (Å²) in [5.41, 5.74) is 1.36. The molecule has 2 heterocycles. The zero-order valence-electron chi connectivity index (χ0n) is 8.04. The molecular formula is C10H11IN2S. The van der Waals surface area contributed by atoms with Crippen molar-refractivity contribution < 1.29 is 0 Å². The highest BCUT2D eigenvalue weighted by Gasteiger charge is 2.18. The van der Waals surface area contributed by atoms with E-state index < -0.39 is 0 Å². The van der Waals surface area contributed by atoms with Crippen LogP contribution in [-0.2, 0) is 0 Å². The van der Waals surface area contributed by atoms with Gasteiger partial charge in [0.15, 0.2) is 0 Å². The fourth-order valence-corrected chi connectivity index (χ4v) is 3.77. The Morgan fingerprint density at radius 3 is 2.71 bits per heavy atom. The molecule has 0 fully saturated rings. The first-order valence-electron chi connectivity index (χ1n) is 4.40. The molecule has 1 aromatic heterocycles. The van der Waals surface area contributed by atoms with E-state index in [1.54, 1.807) is 6.34 Å². The fourth-order valence-electron chi connectivity index (χ4n) is 1.55. The minimum absolute atomic E-state index is 0.202. The lowest BCUT2D eigenvalue weighted by Crippen LogP contribution is -2.09. The Labute approximate surface area is 101 Å². The number of aryl methyl sites for hydroxylation is 2. The van der Waals surface area contributed by atoms with Crippen LogP contribution in [0.15, 0.2) is 17.3 Å². The Bertz CT molecular complexity index is 394. The summed E-state index contributed by atoms with van der Waals surface area (Å²) < 4.78 is 1.36. The van der Waals surface area contributed by atoms with Crippen LogP contribution < -0.4 is 5.32 Å². The van der Waals surface area contributed by atoms with Gasteiger partial charge in [-0.15, -0.1) is 11.3 Å². The van der Waals surface area contributed by atoms with Crippen molar-refractivity contribution in [3.05, 3.63) is 31.2 Å². The van der Waals surface area contributed by atoms with Crippen molar-refractivity contribution in [1.29, 1.82) is 0 Å². The third-order valence-corrected chi connectivity index (χ3v) is 5.00. The molecular weight excluding hydrogens is 307 g/mol. The van der Waals surface area contributed by atoms with Gasteiger partial charge < -0.3 is 5.32 Å². The van der Waals surface area contributed by atoms with Gasteiger partial charge in [-0.2, -0.15) is 0 Å². The third-order valence-electron chi connectivity index (χ3n) is 2.21. The molecule has 0 amide bonds. The lowest BCUT2D eigenvalue weighted by atomic mass is 10.1. The second kappa shape index (κ2) is 4.02. The van der Waals surface area contributed by atoms with Crippen LogP contribution in [0.5, 0.6) is 0 Å². The van der Waals surface area contributed by atoms with E-state index in [1.165, 1.54) is 18.9 Å². The van der Waals surface area contributed by atoms with E-state index in [0.717, 1.165) is 0 Å². The van der Waals surface area contributed by atoms with Gasteiger partial charge in [0.25, 0.3) is 0 Å². The Morgan fingerprint density at radius 1 is 1.43 bits per heavy atom.